The Morgan fingerprint density at radius 2 is 1.76 bits per heavy atom. The number of aldehydes is 1. The number of anilines is 4. The summed E-state index contributed by atoms with van der Waals surface area (Å²) in [4.78, 5) is 43.7. The summed E-state index contributed by atoms with van der Waals surface area (Å²) in [6.07, 6.45) is 5.23. The van der Waals surface area contributed by atoms with E-state index in [0.29, 0.717) is 37.2 Å². The Labute approximate surface area is 268 Å². The van der Waals surface area contributed by atoms with Gasteiger partial charge in [0.1, 0.15) is 11.3 Å². The van der Waals surface area contributed by atoms with Crippen molar-refractivity contribution in [1.29, 1.82) is 0 Å². The highest BCUT2D eigenvalue weighted by Crippen LogP contribution is 2.30. The summed E-state index contributed by atoms with van der Waals surface area (Å²) >= 11 is 0. The number of aromatic nitrogens is 2. The van der Waals surface area contributed by atoms with Crippen molar-refractivity contribution in [2.45, 2.75) is 84.4 Å². The smallest absolute Gasteiger partial charge is 0.410 e. The third-order valence-electron chi connectivity index (χ3n) is 9.17. The van der Waals surface area contributed by atoms with Gasteiger partial charge in [0, 0.05) is 75.8 Å². The first kappa shape index (κ1) is 32.9. The van der Waals surface area contributed by atoms with Crippen LogP contribution in [0, 0.1) is 6.92 Å². The summed E-state index contributed by atoms with van der Waals surface area (Å²) in [7, 11) is 2.21. The van der Waals surface area contributed by atoms with E-state index in [9.17, 15) is 9.59 Å². The molecular weight excluding hydrogens is 568 g/mol. The highest BCUT2D eigenvalue weighted by molar-refractivity contribution is 5.83. The van der Waals surface area contributed by atoms with Crippen LogP contribution in [0.5, 0.6) is 0 Å². The second kappa shape index (κ2) is 14.3. The van der Waals surface area contributed by atoms with E-state index in [1.807, 2.05) is 27.7 Å². The average molecular weight is 621 g/mol. The molecular formula is C34H52N8O3. The lowest BCUT2D eigenvalue weighted by molar-refractivity contribution is 0.0206. The number of piperazine rings is 1. The first-order valence-electron chi connectivity index (χ1n) is 16.7. The van der Waals surface area contributed by atoms with E-state index in [-0.39, 0.29) is 17.8 Å². The van der Waals surface area contributed by atoms with Crippen LogP contribution in [-0.2, 0) is 11.2 Å². The second-order valence-corrected chi connectivity index (χ2v) is 13.8. The van der Waals surface area contributed by atoms with Crippen molar-refractivity contribution in [3.63, 3.8) is 0 Å². The molecule has 3 fully saturated rings. The highest BCUT2D eigenvalue weighted by atomic mass is 16.6. The van der Waals surface area contributed by atoms with Crippen molar-refractivity contribution in [3.05, 3.63) is 35.2 Å². The summed E-state index contributed by atoms with van der Waals surface area (Å²) < 4.78 is 5.60. The minimum Gasteiger partial charge on any atom is -0.444 e. The molecule has 1 aromatic carbocycles. The maximum absolute atomic E-state index is 12.7. The number of ether oxygens (including phenoxy) is 1. The number of likely N-dealkylation sites (tertiary alicyclic amines) is 1. The topological polar surface area (TPSA) is 106 Å². The van der Waals surface area contributed by atoms with Gasteiger partial charge in [0.25, 0.3) is 0 Å². The first-order chi connectivity index (χ1) is 21.5. The molecule has 4 heterocycles. The standard InChI is InChI=1S/C34H52N8O3/c1-7-28-31(36-26-9-8-14-42(22-26)33(44)45-34(3,4)5)38-32(29(23-43)37-28)35-25-10-11-30(24(2)21-25)41-15-12-27(13-16-41)40-19-17-39(6)18-20-40/h10-11,21,23,26-27H,7-9,12-20,22H2,1-6H3,(H2,35,36,38)/t26-/m1/s1. The number of nitrogens with zero attached hydrogens (tertiary/aromatic N) is 6. The number of carbonyl (C=O) groups is 2. The Morgan fingerprint density at radius 3 is 2.40 bits per heavy atom. The van der Waals surface area contributed by atoms with E-state index in [0.717, 1.165) is 56.7 Å². The Bertz CT molecular complexity index is 1330. The lowest BCUT2D eigenvalue weighted by atomic mass is 10.0. The number of rotatable bonds is 8. The van der Waals surface area contributed by atoms with E-state index in [4.69, 9.17) is 9.72 Å². The predicted octanol–water partition coefficient (Wildman–Crippen LogP) is 4.93. The molecule has 2 N–H and O–H groups in total. The van der Waals surface area contributed by atoms with Crippen LogP contribution in [0.3, 0.4) is 0 Å². The van der Waals surface area contributed by atoms with Gasteiger partial charge in [0.15, 0.2) is 17.9 Å². The Morgan fingerprint density at radius 1 is 1.02 bits per heavy atom. The van der Waals surface area contributed by atoms with Crippen LogP contribution >= 0.6 is 0 Å². The lowest BCUT2D eigenvalue weighted by Gasteiger charge is -2.43. The fourth-order valence-corrected chi connectivity index (χ4v) is 6.69. The molecule has 5 rings (SSSR count). The summed E-state index contributed by atoms with van der Waals surface area (Å²) in [6, 6.07) is 7.04. The van der Waals surface area contributed by atoms with Gasteiger partial charge >= 0.3 is 6.09 Å². The number of hydrogen-bond acceptors (Lipinski definition) is 10. The predicted molar refractivity (Wildman–Crippen MR) is 180 cm³/mol. The zero-order chi connectivity index (χ0) is 32.1. The van der Waals surface area contributed by atoms with Gasteiger partial charge in [-0.1, -0.05) is 6.92 Å². The molecule has 3 aliphatic heterocycles. The molecule has 0 spiro atoms. The van der Waals surface area contributed by atoms with Gasteiger partial charge in [-0.15, -0.1) is 0 Å². The van der Waals surface area contributed by atoms with Crippen LogP contribution in [-0.4, -0.2) is 114 Å². The van der Waals surface area contributed by atoms with Crippen molar-refractivity contribution in [3.8, 4) is 0 Å². The third-order valence-corrected chi connectivity index (χ3v) is 9.17. The normalized spacial score (nSPS) is 20.6. The van der Waals surface area contributed by atoms with Gasteiger partial charge in [0.2, 0.25) is 0 Å². The van der Waals surface area contributed by atoms with E-state index >= 15 is 0 Å². The number of piperidine rings is 2. The van der Waals surface area contributed by atoms with Crippen molar-refractivity contribution in [2.24, 2.45) is 0 Å². The number of hydrogen-bond donors (Lipinski definition) is 2. The fourth-order valence-electron chi connectivity index (χ4n) is 6.69. The van der Waals surface area contributed by atoms with Crippen LogP contribution < -0.4 is 15.5 Å². The van der Waals surface area contributed by atoms with E-state index in [1.54, 1.807) is 4.90 Å². The molecule has 1 aromatic heterocycles. The van der Waals surface area contributed by atoms with Gasteiger partial charge in [-0.25, -0.2) is 14.8 Å². The average Bonchev–Trinajstić information content (AvgIpc) is 3.01. The molecule has 45 heavy (non-hydrogen) atoms. The molecule has 0 unspecified atom stereocenters. The Hall–Kier alpha value is -3.44. The van der Waals surface area contributed by atoms with Crippen LogP contribution in [0.25, 0.3) is 0 Å². The quantitative estimate of drug-likeness (QED) is 0.395. The molecule has 0 bridgehead atoms. The summed E-state index contributed by atoms with van der Waals surface area (Å²) in [5, 5.41) is 6.90. The van der Waals surface area contributed by atoms with E-state index in [2.05, 4.69) is 62.5 Å². The number of carbonyl (C=O) groups excluding carboxylic acids is 2. The summed E-state index contributed by atoms with van der Waals surface area (Å²) in [5.74, 6) is 1.06. The zero-order valence-corrected chi connectivity index (χ0v) is 28.1. The zero-order valence-electron chi connectivity index (χ0n) is 28.1. The van der Waals surface area contributed by atoms with Crippen molar-refractivity contribution < 1.29 is 14.3 Å². The number of benzene rings is 1. The molecule has 11 heteroatoms. The van der Waals surface area contributed by atoms with Gasteiger partial charge in [-0.3, -0.25) is 9.69 Å². The van der Waals surface area contributed by atoms with Gasteiger partial charge in [0.05, 0.1) is 5.69 Å². The number of aryl methyl sites for hydroxylation is 2. The van der Waals surface area contributed by atoms with Gasteiger partial charge in [-0.2, -0.15) is 0 Å². The molecule has 246 valence electrons. The van der Waals surface area contributed by atoms with Gasteiger partial charge < -0.3 is 30.1 Å². The van der Waals surface area contributed by atoms with Crippen molar-refractivity contribution in [2.75, 3.05) is 74.9 Å². The number of amides is 1. The maximum atomic E-state index is 12.7. The monoisotopic (exact) mass is 620 g/mol. The maximum Gasteiger partial charge on any atom is 0.410 e. The van der Waals surface area contributed by atoms with Crippen LogP contribution in [0.4, 0.5) is 27.8 Å². The Balaban J connectivity index is 1.25. The minimum atomic E-state index is -0.540. The first-order valence-corrected chi connectivity index (χ1v) is 16.7. The van der Waals surface area contributed by atoms with Gasteiger partial charge in [-0.05, 0) is 90.6 Å². The minimum absolute atomic E-state index is 0.00252. The molecule has 1 atom stereocenters. The van der Waals surface area contributed by atoms with E-state index in [1.165, 1.54) is 37.2 Å². The molecule has 11 nitrogen and oxygen atoms in total. The SMILES string of the molecule is CCc1nc(C=O)c(Nc2ccc(N3CCC(N4CCN(C)CC4)CC3)c(C)c2)nc1N[C@@H]1CCCN(C(=O)OC(C)(C)C)C1. The third kappa shape index (κ3) is 8.43. The lowest BCUT2D eigenvalue weighted by Crippen LogP contribution is -2.52. The molecule has 2 aromatic rings. The number of likely N-dealkylation sites (N-methyl/N-ethyl adjacent to an activating group) is 1. The molecule has 1 amide bonds. The van der Waals surface area contributed by atoms with Crippen molar-refractivity contribution in [1.82, 2.24) is 24.7 Å². The summed E-state index contributed by atoms with van der Waals surface area (Å²) in [6.45, 7) is 17.8. The second-order valence-electron chi connectivity index (χ2n) is 13.8. The van der Waals surface area contributed by atoms with Crippen molar-refractivity contribution >= 4 is 35.4 Å². The van der Waals surface area contributed by atoms with E-state index < -0.39 is 5.60 Å². The number of nitrogens with one attached hydrogen (secondary N) is 2. The fraction of sp³-hybridized carbons (Fsp3) is 0.647. The van der Waals surface area contributed by atoms with Crippen LogP contribution in [0.1, 0.15) is 75.1 Å². The summed E-state index contributed by atoms with van der Waals surface area (Å²) in [5.41, 5.74) is 3.78. The Kier molecular flexibility index (Phi) is 10.5. The molecule has 3 aliphatic rings. The van der Waals surface area contributed by atoms with Crippen LogP contribution in [0.2, 0.25) is 0 Å². The molecule has 0 saturated carbocycles. The van der Waals surface area contributed by atoms with Crippen LogP contribution in [0.15, 0.2) is 18.2 Å². The molecule has 0 radical (unpaired) electrons. The largest absolute Gasteiger partial charge is 0.444 e. The molecule has 3 saturated heterocycles. The highest BCUT2D eigenvalue weighted by Gasteiger charge is 2.29. The molecule has 0 aliphatic carbocycles.